The summed E-state index contributed by atoms with van der Waals surface area (Å²) < 4.78 is 9.94. The van der Waals surface area contributed by atoms with E-state index in [4.69, 9.17) is 9.47 Å². The molecule has 2 rings (SSSR count). The van der Waals surface area contributed by atoms with Crippen LogP contribution in [-0.4, -0.2) is 30.2 Å². The van der Waals surface area contributed by atoms with Crippen LogP contribution in [0.2, 0.25) is 0 Å². The summed E-state index contributed by atoms with van der Waals surface area (Å²) in [6.07, 6.45) is 2.92. The lowest BCUT2D eigenvalue weighted by Crippen LogP contribution is -2.01. The molecule has 0 unspecified atom stereocenters. The van der Waals surface area contributed by atoms with Gasteiger partial charge in [-0.15, -0.1) is 0 Å². The van der Waals surface area contributed by atoms with Crippen LogP contribution in [0.5, 0.6) is 23.0 Å². The summed E-state index contributed by atoms with van der Waals surface area (Å²) in [4.78, 5) is 12.3. The lowest BCUT2D eigenvalue weighted by atomic mass is 10.1. The smallest absolute Gasteiger partial charge is 0.201 e. The molecular formula is C17H16O5. The maximum absolute atomic E-state index is 12.3. The predicted octanol–water partition coefficient (Wildman–Crippen LogP) is 3.01. The fourth-order valence-corrected chi connectivity index (χ4v) is 2.02. The largest absolute Gasteiger partial charge is 0.507 e. The minimum atomic E-state index is -0.490. The van der Waals surface area contributed by atoms with E-state index in [1.54, 1.807) is 6.08 Å². The third-order valence-electron chi connectivity index (χ3n) is 3.10. The number of ketones is 1. The van der Waals surface area contributed by atoms with Gasteiger partial charge >= 0.3 is 0 Å². The summed E-state index contributed by atoms with van der Waals surface area (Å²) >= 11 is 0. The zero-order valence-electron chi connectivity index (χ0n) is 12.2. The minimum absolute atomic E-state index is 0.0259. The Balaban J connectivity index is 2.41. The number of aromatic hydroxyl groups is 2. The van der Waals surface area contributed by atoms with E-state index in [1.165, 1.54) is 26.4 Å². The molecule has 0 heterocycles. The summed E-state index contributed by atoms with van der Waals surface area (Å²) in [6.45, 7) is 0. The Kier molecular flexibility index (Phi) is 4.68. The quantitative estimate of drug-likeness (QED) is 0.504. The van der Waals surface area contributed by atoms with Crippen LogP contribution in [0.25, 0.3) is 6.08 Å². The van der Waals surface area contributed by atoms with Gasteiger partial charge in [-0.25, -0.2) is 0 Å². The van der Waals surface area contributed by atoms with Crippen molar-refractivity contribution < 1.29 is 24.5 Å². The number of ether oxygens (including phenoxy) is 2. The van der Waals surface area contributed by atoms with Crippen molar-refractivity contribution >= 4 is 11.9 Å². The highest BCUT2D eigenvalue weighted by molar-refractivity contribution is 6.11. The Morgan fingerprint density at radius 3 is 2.36 bits per heavy atom. The van der Waals surface area contributed by atoms with Gasteiger partial charge in [0.15, 0.2) is 17.3 Å². The molecule has 0 fully saturated rings. The lowest BCUT2D eigenvalue weighted by molar-refractivity contribution is 0.104. The van der Waals surface area contributed by atoms with E-state index in [2.05, 4.69) is 0 Å². The van der Waals surface area contributed by atoms with Gasteiger partial charge in [-0.3, -0.25) is 4.79 Å². The number of rotatable bonds is 5. The highest BCUT2D eigenvalue weighted by atomic mass is 16.5. The Bertz CT molecular complexity index is 705. The summed E-state index contributed by atoms with van der Waals surface area (Å²) in [5.74, 6) is -1.25. The van der Waals surface area contributed by atoms with E-state index in [1.807, 2.05) is 30.3 Å². The molecule has 0 aliphatic rings. The molecule has 0 saturated heterocycles. The molecule has 5 nitrogen and oxygen atoms in total. The van der Waals surface area contributed by atoms with Crippen LogP contribution < -0.4 is 9.47 Å². The van der Waals surface area contributed by atoms with Gasteiger partial charge < -0.3 is 19.7 Å². The van der Waals surface area contributed by atoms with Crippen molar-refractivity contribution in [2.45, 2.75) is 0 Å². The van der Waals surface area contributed by atoms with Crippen molar-refractivity contribution in [3.05, 3.63) is 53.6 Å². The van der Waals surface area contributed by atoms with Crippen molar-refractivity contribution in [2.75, 3.05) is 14.2 Å². The normalized spacial score (nSPS) is 10.6. The molecule has 0 radical (unpaired) electrons. The summed E-state index contributed by atoms with van der Waals surface area (Å²) in [7, 11) is 2.64. The number of carbonyl (C=O) groups is 1. The minimum Gasteiger partial charge on any atom is -0.507 e. The third-order valence-corrected chi connectivity index (χ3v) is 3.10. The van der Waals surface area contributed by atoms with Crippen molar-refractivity contribution in [1.82, 2.24) is 0 Å². The van der Waals surface area contributed by atoms with Crippen LogP contribution in [0.4, 0.5) is 0 Å². The van der Waals surface area contributed by atoms with Gasteiger partial charge in [0.05, 0.1) is 14.2 Å². The standard InChI is InChI=1S/C17H16O5/c1-21-14-10-13(19)15(17(22-2)16(14)20)12(18)9-8-11-6-4-3-5-7-11/h3-10,19-20H,1-2H3. The van der Waals surface area contributed by atoms with E-state index in [0.717, 1.165) is 5.56 Å². The molecule has 0 spiro atoms. The zero-order valence-corrected chi connectivity index (χ0v) is 12.2. The SMILES string of the molecule is COc1cc(O)c(C(=O)C=Cc2ccccc2)c(OC)c1O. The lowest BCUT2D eigenvalue weighted by Gasteiger charge is -2.13. The molecule has 0 saturated carbocycles. The molecule has 0 aromatic heterocycles. The second-order valence-electron chi connectivity index (χ2n) is 4.46. The van der Waals surface area contributed by atoms with E-state index in [9.17, 15) is 15.0 Å². The number of benzene rings is 2. The molecule has 0 amide bonds. The van der Waals surface area contributed by atoms with E-state index >= 15 is 0 Å². The zero-order chi connectivity index (χ0) is 16.1. The van der Waals surface area contributed by atoms with Crippen molar-refractivity contribution in [3.8, 4) is 23.0 Å². The Morgan fingerprint density at radius 2 is 1.77 bits per heavy atom. The van der Waals surface area contributed by atoms with Crippen molar-refractivity contribution in [2.24, 2.45) is 0 Å². The number of allylic oxidation sites excluding steroid dienone is 1. The fourth-order valence-electron chi connectivity index (χ4n) is 2.02. The molecule has 114 valence electrons. The third kappa shape index (κ3) is 3.03. The molecular weight excluding hydrogens is 284 g/mol. The molecule has 2 aromatic carbocycles. The summed E-state index contributed by atoms with van der Waals surface area (Å²) in [6, 6.07) is 10.4. The van der Waals surface area contributed by atoms with Gasteiger partial charge in [0.2, 0.25) is 5.75 Å². The Labute approximate surface area is 128 Å². The second-order valence-corrected chi connectivity index (χ2v) is 4.46. The van der Waals surface area contributed by atoms with Gasteiger partial charge in [-0.1, -0.05) is 36.4 Å². The van der Waals surface area contributed by atoms with Crippen LogP contribution >= 0.6 is 0 Å². The van der Waals surface area contributed by atoms with E-state index < -0.39 is 5.78 Å². The topological polar surface area (TPSA) is 76.0 Å². The number of methoxy groups -OCH3 is 2. The van der Waals surface area contributed by atoms with Crippen LogP contribution in [0.1, 0.15) is 15.9 Å². The van der Waals surface area contributed by atoms with Gasteiger partial charge in [0.25, 0.3) is 0 Å². The first kappa shape index (κ1) is 15.4. The van der Waals surface area contributed by atoms with Crippen LogP contribution in [0, 0.1) is 0 Å². The molecule has 2 N–H and O–H groups in total. The molecule has 0 atom stereocenters. The summed E-state index contributed by atoms with van der Waals surface area (Å²) in [5.41, 5.74) is 0.722. The number of hydrogen-bond acceptors (Lipinski definition) is 5. The number of phenols is 2. The van der Waals surface area contributed by atoms with E-state index in [0.29, 0.717) is 0 Å². The first-order chi connectivity index (χ1) is 10.6. The molecule has 0 aliphatic carbocycles. The Morgan fingerprint density at radius 1 is 1.09 bits per heavy atom. The highest BCUT2D eigenvalue weighted by Gasteiger charge is 2.23. The first-order valence-electron chi connectivity index (χ1n) is 6.52. The number of hydrogen-bond donors (Lipinski definition) is 2. The second kappa shape index (κ2) is 6.67. The monoisotopic (exact) mass is 300 g/mol. The average Bonchev–Trinajstić information content (AvgIpc) is 2.54. The van der Waals surface area contributed by atoms with Gasteiger partial charge in [0.1, 0.15) is 11.3 Å². The number of phenolic OH excluding ortho intramolecular Hbond substituents is 2. The highest BCUT2D eigenvalue weighted by Crippen LogP contribution is 2.44. The Hall–Kier alpha value is -2.95. The van der Waals surface area contributed by atoms with E-state index in [-0.39, 0.29) is 28.6 Å². The molecule has 5 heteroatoms. The molecule has 0 aliphatic heterocycles. The van der Waals surface area contributed by atoms with Crippen molar-refractivity contribution in [3.63, 3.8) is 0 Å². The van der Waals surface area contributed by atoms with Crippen LogP contribution in [-0.2, 0) is 0 Å². The summed E-state index contributed by atoms with van der Waals surface area (Å²) in [5, 5.41) is 20.0. The predicted molar refractivity (Wildman–Crippen MR) is 82.7 cm³/mol. The first-order valence-corrected chi connectivity index (χ1v) is 6.52. The average molecular weight is 300 g/mol. The van der Waals surface area contributed by atoms with Crippen LogP contribution in [0.3, 0.4) is 0 Å². The molecule has 22 heavy (non-hydrogen) atoms. The van der Waals surface area contributed by atoms with Crippen molar-refractivity contribution in [1.29, 1.82) is 0 Å². The van der Waals surface area contributed by atoms with Gasteiger partial charge in [-0.2, -0.15) is 0 Å². The number of carbonyl (C=O) groups excluding carboxylic acids is 1. The van der Waals surface area contributed by atoms with Gasteiger partial charge in [-0.05, 0) is 11.6 Å². The van der Waals surface area contributed by atoms with Crippen LogP contribution in [0.15, 0.2) is 42.5 Å². The maximum Gasteiger partial charge on any atom is 0.201 e. The maximum atomic E-state index is 12.3. The fraction of sp³-hybridized carbons (Fsp3) is 0.118. The molecule has 0 bridgehead atoms. The van der Waals surface area contributed by atoms with Gasteiger partial charge in [0, 0.05) is 6.07 Å². The molecule has 2 aromatic rings.